The smallest absolute Gasteiger partial charge is 0.243 e. The second kappa shape index (κ2) is 14.3. The summed E-state index contributed by atoms with van der Waals surface area (Å²) in [5, 5.41) is 3.36. The van der Waals surface area contributed by atoms with Crippen molar-refractivity contribution in [3.05, 3.63) is 100 Å². The Hall–Kier alpha value is -3.36. The lowest BCUT2D eigenvalue weighted by molar-refractivity contribution is -0.141. The van der Waals surface area contributed by atoms with Crippen molar-refractivity contribution in [3.8, 4) is 0 Å². The van der Waals surface area contributed by atoms with Gasteiger partial charge in [-0.15, -0.1) is 0 Å². The van der Waals surface area contributed by atoms with Gasteiger partial charge in [0.25, 0.3) is 0 Å². The Morgan fingerprint density at radius 1 is 0.950 bits per heavy atom. The van der Waals surface area contributed by atoms with Crippen molar-refractivity contribution in [2.24, 2.45) is 0 Å². The maximum atomic E-state index is 13.8. The van der Waals surface area contributed by atoms with E-state index in [0.717, 1.165) is 22.9 Å². The highest BCUT2D eigenvalue weighted by atomic mass is 35.5. The van der Waals surface area contributed by atoms with Crippen molar-refractivity contribution < 1.29 is 18.0 Å². The van der Waals surface area contributed by atoms with Crippen molar-refractivity contribution in [1.82, 2.24) is 10.2 Å². The van der Waals surface area contributed by atoms with Crippen molar-refractivity contribution in [1.29, 1.82) is 0 Å². The first-order valence-corrected chi connectivity index (χ1v) is 15.6. The lowest BCUT2D eigenvalue weighted by Gasteiger charge is -2.32. The van der Waals surface area contributed by atoms with E-state index in [1.165, 1.54) is 4.31 Å². The summed E-state index contributed by atoms with van der Waals surface area (Å²) in [4.78, 5) is 28.8. The highest BCUT2D eigenvalue weighted by Gasteiger charge is 2.30. The van der Waals surface area contributed by atoms with E-state index in [-0.39, 0.29) is 37.7 Å². The van der Waals surface area contributed by atoms with Crippen LogP contribution < -0.4 is 9.62 Å². The van der Waals surface area contributed by atoms with Gasteiger partial charge in [-0.3, -0.25) is 13.9 Å². The van der Waals surface area contributed by atoms with E-state index < -0.39 is 16.1 Å². The summed E-state index contributed by atoms with van der Waals surface area (Å²) in [5.41, 5.74) is 4.07. The molecule has 0 aliphatic rings. The van der Waals surface area contributed by atoms with Crippen LogP contribution in [0.15, 0.2) is 72.8 Å². The number of aryl methyl sites for hydroxylation is 1. The molecule has 3 rings (SSSR count). The average Bonchev–Trinajstić information content (AvgIpc) is 2.90. The molecular weight excluding hydrogens is 546 g/mol. The van der Waals surface area contributed by atoms with Crippen molar-refractivity contribution in [2.75, 3.05) is 23.7 Å². The van der Waals surface area contributed by atoms with E-state index in [1.807, 2.05) is 68.4 Å². The van der Waals surface area contributed by atoms with Crippen molar-refractivity contribution >= 4 is 39.1 Å². The van der Waals surface area contributed by atoms with E-state index in [0.29, 0.717) is 29.2 Å². The Kier molecular flexibility index (Phi) is 11.2. The number of halogens is 1. The Morgan fingerprint density at radius 2 is 1.62 bits per heavy atom. The number of likely N-dealkylation sites (N-methyl/N-ethyl adjacent to an activating group) is 1. The predicted octanol–water partition coefficient (Wildman–Crippen LogP) is 5.28. The molecule has 0 fully saturated rings. The molecule has 0 aliphatic heterocycles. The third kappa shape index (κ3) is 8.57. The summed E-state index contributed by atoms with van der Waals surface area (Å²) < 4.78 is 26.7. The van der Waals surface area contributed by atoms with Gasteiger partial charge in [0.1, 0.15) is 6.04 Å². The molecule has 1 unspecified atom stereocenters. The largest absolute Gasteiger partial charge is 0.355 e. The van der Waals surface area contributed by atoms with Crippen molar-refractivity contribution in [3.63, 3.8) is 0 Å². The lowest BCUT2D eigenvalue weighted by Crippen LogP contribution is -2.50. The summed E-state index contributed by atoms with van der Waals surface area (Å²) in [5.74, 6) is -0.440. The van der Waals surface area contributed by atoms with Crippen molar-refractivity contribution in [2.45, 2.75) is 52.6 Å². The zero-order valence-electron chi connectivity index (χ0n) is 23.6. The summed E-state index contributed by atoms with van der Waals surface area (Å²) in [7, 11) is -3.62. The molecule has 7 nitrogen and oxygen atoms in total. The van der Waals surface area contributed by atoms with Crippen LogP contribution in [0, 0.1) is 13.8 Å². The Labute approximate surface area is 243 Å². The zero-order valence-corrected chi connectivity index (χ0v) is 25.1. The number of sulfonamides is 1. The third-order valence-electron chi connectivity index (χ3n) is 6.72. The highest BCUT2D eigenvalue weighted by molar-refractivity contribution is 7.92. The molecule has 214 valence electrons. The number of hydrogen-bond acceptors (Lipinski definition) is 4. The SMILES string of the molecule is CCNC(=O)C(Cc1ccccc1)N(Cc1cccc(C)c1)C(=O)CCCN(c1cccc(Cl)c1C)S(C)(=O)=O. The molecule has 0 saturated carbocycles. The van der Waals surface area contributed by atoms with Crippen LogP contribution in [-0.2, 0) is 32.6 Å². The van der Waals surface area contributed by atoms with E-state index in [2.05, 4.69) is 5.32 Å². The maximum Gasteiger partial charge on any atom is 0.243 e. The van der Waals surface area contributed by atoms with E-state index in [1.54, 1.807) is 30.0 Å². The summed E-state index contributed by atoms with van der Waals surface area (Å²) in [6.07, 6.45) is 1.85. The minimum atomic E-state index is -3.62. The first-order chi connectivity index (χ1) is 19.0. The molecule has 0 radical (unpaired) electrons. The number of benzene rings is 3. The fraction of sp³-hybridized carbons (Fsp3) is 0.355. The first-order valence-electron chi connectivity index (χ1n) is 13.4. The van der Waals surface area contributed by atoms with Crippen LogP contribution in [0.25, 0.3) is 0 Å². The second-order valence-electron chi connectivity index (χ2n) is 9.93. The molecule has 3 aromatic carbocycles. The molecule has 9 heteroatoms. The molecule has 2 amide bonds. The average molecular weight is 584 g/mol. The fourth-order valence-electron chi connectivity index (χ4n) is 4.70. The molecule has 0 aromatic heterocycles. The number of rotatable bonds is 13. The molecule has 1 N–H and O–H groups in total. The molecule has 3 aromatic rings. The molecular formula is C31H38ClN3O4S. The zero-order chi connectivity index (χ0) is 29.3. The summed E-state index contributed by atoms with van der Waals surface area (Å²) in [6.45, 7) is 6.41. The number of anilines is 1. The minimum Gasteiger partial charge on any atom is -0.355 e. The number of nitrogens with one attached hydrogen (secondary N) is 1. The van der Waals surface area contributed by atoms with Crippen LogP contribution in [-0.4, -0.2) is 50.5 Å². The number of nitrogens with zero attached hydrogens (tertiary/aromatic N) is 2. The van der Waals surface area contributed by atoms with Gasteiger partial charge in [0.2, 0.25) is 21.8 Å². The van der Waals surface area contributed by atoms with Gasteiger partial charge in [0.05, 0.1) is 11.9 Å². The van der Waals surface area contributed by atoms with Gasteiger partial charge in [-0.2, -0.15) is 0 Å². The number of carbonyl (C=O) groups is 2. The summed E-state index contributed by atoms with van der Waals surface area (Å²) in [6, 6.07) is 21.9. The highest BCUT2D eigenvalue weighted by Crippen LogP contribution is 2.28. The van der Waals surface area contributed by atoms with Gasteiger partial charge in [0, 0.05) is 37.5 Å². The molecule has 40 heavy (non-hydrogen) atoms. The van der Waals surface area contributed by atoms with Gasteiger partial charge in [-0.25, -0.2) is 8.42 Å². The minimum absolute atomic E-state index is 0.0716. The third-order valence-corrected chi connectivity index (χ3v) is 8.31. The lowest BCUT2D eigenvalue weighted by atomic mass is 10.0. The van der Waals surface area contributed by atoms with Crippen LogP contribution in [0.2, 0.25) is 5.02 Å². The van der Waals surface area contributed by atoms with Gasteiger partial charge in [-0.05, 0) is 56.0 Å². The fourth-order valence-corrected chi connectivity index (χ4v) is 5.89. The van der Waals surface area contributed by atoms with Crippen LogP contribution in [0.3, 0.4) is 0 Å². The second-order valence-corrected chi connectivity index (χ2v) is 12.2. The number of amides is 2. The number of carbonyl (C=O) groups excluding carboxylic acids is 2. The van der Waals surface area contributed by atoms with Crippen LogP contribution in [0.5, 0.6) is 0 Å². The molecule has 0 bridgehead atoms. The summed E-state index contributed by atoms with van der Waals surface area (Å²) >= 11 is 6.26. The molecule has 0 spiro atoms. The molecule has 1 atom stereocenters. The standard InChI is InChI=1S/C31H38ClN3O4S/c1-5-33-31(37)29(21-25-13-7-6-8-14-25)34(22-26-15-9-12-23(2)20-26)30(36)18-11-19-35(40(4,38)39)28-17-10-16-27(32)24(28)3/h6-10,12-17,20,29H,5,11,18-19,21-22H2,1-4H3,(H,33,37). The normalized spacial score (nSPS) is 12.0. The topological polar surface area (TPSA) is 86.8 Å². The van der Waals surface area contributed by atoms with Crippen LogP contribution in [0.4, 0.5) is 5.69 Å². The first kappa shape index (κ1) is 31.2. The van der Waals surface area contributed by atoms with Crippen LogP contribution >= 0.6 is 11.6 Å². The maximum absolute atomic E-state index is 13.8. The van der Waals surface area contributed by atoms with Gasteiger partial charge >= 0.3 is 0 Å². The monoisotopic (exact) mass is 583 g/mol. The number of hydrogen-bond donors (Lipinski definition) is 1. The Morgan fingerprint density at radius 3 is 2.27 bits per heavy atom. The quantitative estimate of drug-likeness (QED) is 0.297. The van der Waals surface area contributed by atoms with Gasteiger partial charge in [-0.1, -0.05) is 77.8 Å². The van der Waals surface area contributed by atoms with Crippen LogP contribution in [0.1, 0.15) is 42.0 Å². The molecule has 0 aliphatic carbocycles. The van der Waals surface area contributed by atoms with E-state index in [9.17, 15) is 18.0 Å². The molecule has 0 saturated heterocycles. The Balaban J connectivity index is 1.88. The molecule has 0 heterocycles. The van der Waals surface area contributed by atoms with Gasteiger partial charge < -0.3 is 10.2 Å². The van der Waals surface area contributed by atoms with Gasteiger partial charge in [0.15, 0.2) is 0 Å². The van der Waals surface area contributed by atoms with E-state index >= 15 is 0 Å². The van der Waals surface area contributed by atoms with E-state index in [4.69, 9.17) is 11.6 Å². The Bertz CT molecular complexity index is 1410. The predicted molar refractivity (Wildman–Crippen MR) is 162 cm³/mol.